The van der Waals surface area contributed by atoms with E-state index in [2.05, 4.69) is 16.0 Å². The summed E-state index contributed by atoms with van der Waals surface area (Å²) in [6.45, 7) is 6.09. The van der Waals surface area contributed by atoms with Crippen LogP contribution >= 0.6 is 23.2 Å². The second-order valence-corrected chi connectivity index (χ2v) is 13.3. The molecule has 5 rings (SSSR count). The molecule has 6 atom stereocenters. The first-order valence-corrected chi connectivity index (χ1v) is 14.7. The Bertz CT molecular complexity index is 1340. The van der Waals surface area contributed by atoms with E-state index in [9.17, 15) is 14.0 Å². The lowest BCUT2D eigenvalue weighted by Crippen LogP contribution is -2.56. The number of benzene rings is 2. The first-order chi connectivity index (χ1) is 19.4. The Morgan fingerprint density at radius 2 is 1.98 bits per heavy atom. The van der Waals surface area contributed by atoms with Crippen LogP contribution in [0.5, 0.6) is 0 Å². The summed E-state index contributed by atoms with van der Waals surface area (Å²) in [7, 11) is 0. The zero-order chi connectivity index (χ0) is 29.7. The summed E-state index contributed by atoms with van der Waals surface area (Å²) in [4.78, 5) is 29.9. The van der Waals surface area contributed by atoms with Crippen LogP contribution in [-0.4, -0.2) is 67.3 Å². The minimum atomic E-state index is -1.40. The highest BCUT2D eigenvalue weighted by Crippen LogP contribution is 2.57. The van der Waals surface area contributed by atoms with Crippen molar-refractivity contribution < 1.29 is 22.8 Å². The maximum atomic E-state index is 15.9. The summed E-state index contributed by atoms with van der Waals surface area (Å²) in [5, 5.41) is 9.47. The molecule has 3 aliphatic heterocycles. The van der Waals surface area contributed by atoms with E-state index in [1.165, 1.54) is 6.07 Å². The number of halogens is 5. The van der Waals surface area contributed by atoms with E-state index < -0.39 is 54.0 Å². The average Bonchev–Trinajstić information content (AvgIpc) is 3.36. The van der Waals surface area contributed by atoms with E-state index >= 15 is 8.78 Å². The van der Waals surface area contributed by atoms with Gasteiger partial charge in [0.15, 0.2) is 0 Å². The molecule has 2 aromatic carbocycles. The smallest absolute Gasteiger partial charge is 0.238 e. The third-order valence-corrected chi connectivity index (χ3v) is 9.10. The average molecular weight is 612 g/mol. The molecule has 3 N–H and O–H groups in total. The molecule has 0 bridgehead atoms. The zero-order valence-corrected chi connectivity index (χ0v) is 24.8. The lowest BCUT2D eigenvalue weighted by atomic mass is 9.62. The van der Waals surface area contributed by atoms with E-state index in [0.29, 0.717) is 35.7 Å². The monoisotopic (exact) mass is 610 g/mol. The number of amides is 2. The number of carbonyl (C=O) groups excluding carboxylic acids is 2. The van der Waals surface area contributed by atoms with Crippen LogP contribution in [0.2, 0.25) is 10.0 Å². The highest BCUT2D eigenvalue weighted by molar-refractivity contribution is 6.31. The zero-order valence-electron chi connectivity index (χ0n) is 23.2. The molecular weight excluding hydrogens is 576 g/mol. The molecule has 2 aromatic rings. The molecule has 0 saturated carbocycles. The standard InChI is InChI=1S/C30H35Cl2F3N4O2/c1-29(2,3)14-23-30(18-8-7-16(31)13-22(18)37-28(30)41)24(17-5-4-6-19(32)25(17)35)26(38-23)27(40)36-21-9-11-39(12-10-33)15-20(21)34/h4-8,13,20-21,23-24,26,38H,9-12,14-15H2,1-3H3,(H,36,40)(H,37,41)/t20-,21?,23+,24-,26+,30-/m0/s1. The Hall–Kier alpha value is -2.33. The van der Waals surface area contributed by atoms with E-state index in [0.717, 1.165) is 0 Å². The molecule has 0 radical (unpaired) electrons. The summed E-state index contributed by atoms with van der Waals surface area (Å²) in [6.07, 6.45) is -0.633. The Morgan fingerprint density at radius 3 is 2.66 bits per heavy atom. The quantitative estimate of drug-likeness (QED) is 0.410. The van der Waals surface area contributed by atoms with Gasteiger partial charge < -0.3 is 16.0 Å². The van der Waals surface area contributed by atoms with Gasteiger partial charge in [-0.15, -0.1) is 0 Å². The van der Waals surface area contributed by atoms with Crippen molar-refractivity contribution in [2.45, 2.75) is 69.2 Å². The van der Waals surface area contributed by atoms with Gasteiger partial charge in [0.25, 0.3) is 0 Å². The summed E-state index contributed by atoms with van der Waals surface area (Å²) in [5.74, 6) is -2.64. The Morgan fingerprint density at radius 1 is 1.22 bits per heavy atom. The number of piperidine rings is 1. The topological polar surface area (TPSA) is 73.5 Å². The Kier molecular flexibility index (Phi) is 8.38. The Balaban J connectivity index is 1.61. The molecule has 3 heterocycles. The summed E-state index contributed by atoms with van der Waals surface area (Å²) < 4.78 is 43.8. The number of hydrogen-bond acceptors (Lipinski definition) is 4. The molecule has 3 aliphatic rings. The van der Waals surface area contributed by atoms with Gasteiger partial charge in [-0.1, -0.05) is 62.2 Å². The number of rotatable bonds is 6. The van der Waals surface area contributed by atoms with Gasteiger partial charge >= 0.3 is 0 Å². The van der Waals surface area contributed by atoms with Crippen molar-refractivity contribution in [1.29, 1.82) is 0 Å². The van der Waals surface area contributed by atoms with Gasteiger partial charge in [0.2, 0.25) is 11.8 Å². The second kappa shape index (κ2) is 11.4. The van der Waals surface area contributed by atoms with Crippen molar-refractivity contribution in [3.05, 3.63) is 63.4 Å². The highest BCUT2D eigenvalue weighted by Gasteiger charge is 2.66. The van der Waals surface area contributed by atoms with E-state index in [1.807, 2.05) is 20.8 Å². The van der Waals surface area contributed by atoms with Gasteiger partial charge in [-0.2, -0.15) is 0 Å². The normalized spacial score (nSPS) is 30.0. The fourth-order valence-corrected chi connectivity index (χ4v) is 7.23. The third-order valence-electron chi connectivity index (χ3n) is 8.57. The third kappa shape index (κ3) is 5.46. The second-order valence-electron chi connectivity index (χ2n) is 12.5. The largest absolute Gasteiger partial charge is 0.349 e. The maximum Gasteiger partial charge on any atom is 0.238 e. The first-order valence-electron chi connectivity index (χ1n) is 13.9. The molecule has 1 unspecified atom stereocenters. The van der Waals surface area contributed by atoms with Gasteiger partial charge in [-0.25, -0.2) is 13.2 Å². The van der Waals surface area contributed by atoms with Gasteiger partial charge in [0, 0.05) is 42.3 Å². The lowest BCUT2D eigenvalue weighted by Gasteiger charge is -2.38. The SMILES string of the molecule is CC(C)(C)C[C@H]1N[C@@H](C(=O)NC2CCN(CCF)C[C@@H]2F)[C@H](c2cccc(Cl)c2F)[C@@]12C(=O)Nc1cc(Cl)ccc12. The van der Waals surface area contributed by atoms with Crippen LogP contribution in [0.3, 0.4) is 0 Å². The molecular formula is C30H35Cl2F3N4O2. The van der Waals surface area contributed by atoms with Crippen LogP contribution < -0.4 is 16.0 Å². The van der Waals surface area contributed by atoms with Crippen molar-refractivity contribution in [2.24, 2.45) is 5.41 Å². The molecule has 222 valence electrons. The first kappa shape index (κ1) is 30.1. The Labute approximate surface area is 248 Å². The van der Waals surface area contributed by atoms with Crippen LogP contribution in [0.15, 0.2) is 36.4 Å². The van der Waals surface area contributed by atoms with Crippen molar-refractivity contribution in [2.75, 3.05) is 31.6 Å². The maximum absolute atomic E-state index is 15.9. The molecule has 41 heavy (non-hydrogen) atoms. The van der Waals surface area contributed by atoms with Crippen molar-refractivity contribution >= 4 is 40.7 Å². The van der Waals surface area contributed by atoms with Crippen LogP contribution in [0.4, 0.5) is 18.9 Å². The van der Waals surface area contributed by atoms with Crippen LogP contribution in [0, 0.1) is 11.2 Å². The van der Waals surface area contributed by atoms with E-state index in [-0.39, 0.29) is 35.0 Å². The molecule has 2 amide bonds. The van der Waals surface area contributed by atoms with Crippen molar-refractivity contribution in [3.63, 3.8) is 0 Å². The molecule has 0 aliphatic carbocycles. The van der Waals surface area contributed by atoms with E-state index in [1.54, 1.807) is 35.2 Å². The van der Waals surface area contributed by atoms with E-state index in [4.69, 9.17) is 23.2 Å². The molecule has 2 fully saturated rings. The number of fused-ring (bicyclic) bond motifs is 2. The van der Waals surface area contributed by atoms with Gasteiger partial charge in [0.05, 0.1) is 17.1 Å². The van der Waals surface area contributed by atoms with Crippen molar-refractivity contribution in [3.8, 4) is 0 Å². The fourth-order valence-electron chi connectivity index (χ4n) is 6.88. The van der Waals surface area contributed by atoms with Crippen LogP contribution in [0.1, 0.15) is 50.7 Å². The summed E-state index contributed by atoms with van der Waals surface area (Å²) >= 11 is 12.5. The number of nitrogens with zero attached hydrogens (tertiary/aromatic N) is 1. The highest BCUT2D eigenvalue weighted by atomic mass is 35.5. The number of carbonyl (C=O) groups is 2. The van der Waals surface area contributed by atoms with Crippen LogP contribution in [0.25, 0.3) is 0 Å². The van der Waals surface area contributed by atoms with Gasteiger partial charge in [-0.05, 0) is 47.6 Å². The molecule has 0 aromatic heterocycles. The minimum absolute atomic E-state index is 0.00639. The minimum Gasteiger partial charge on any atom is -0.349 e. The van der Waals surface area contributed by atoms with Gasteiger partial charge in [0.1, 0.15) is 24.1 Å². The number of nitrogens with one attached hydrogen (secondary N) is 3. The lowest BCUT2D eigenvalue weighted by molar-refractivity contribution is -0.125. The predicted octanol–water partition coefficient (Wildman–Crippen LogP) is 5.38. The molecule has 6 nitrogen and oxygen atoms in total. The summed E-state index contributed by atoms with van der Waals surface area (Å²) in [5.41, 5.74) is -0.442. The number of anilines is 1. The molecule has 2 saturated heterocycles. The van der Waals surface area contributed by atoms with Crippen LogP contribution in [-0.2, 0) is 15.0 Å². The summed E-state index contributed by atoms with van der Waals surface area (Å²) in [6, 6.07) is 7.16. The van der Waals surface area contributed by atoms with Crippen molar-refractivity contribution in [1.82, 2.24) is 15.5 Å². The fraction of sp³-hybridized carbons (Fsp3) is 0.533. The predicted molar refractivity (Wildman–Crippen MR) is 155 cm³/mol. The number of likely N-dealkylation sites (tertiary alicyclic amines) is 1. The molecule has 11 heteroatoms. The number of hydrogen-bond donors (Lipinski definition) is 3. The number of alkyl halides is 2. The molecule has 1 spiro atoms. The van der Waals surface area contributed by atoms with Gasteiger partial charge in [-0.3, -0.25) is 14.5 Å².